The van der Waals surface area contributed by atoms with Crippen LogP contribution in [0.15, 0.2) is 164 Å². The maximum atomic E-state index is 12.3. The quantitative estimate of drug-likeness (QED) is 0.0169. The van der Waals surface area contributed by atoms with Gasteiger partial charge in [-0.3, -0.25) is 4.79 Å². The Morgan fingerprint density at radius 2 is 0.538 bits per heavy atom. The van der Waals surface area contributed by atoms with Crippen molar-refractivity contribution in [3.8, 4) is 83.6 Å². The van der Waals surface area contributed by atoms with Gasteiger partial charge in [-0.25, -0.2) is 0 Å². The summed E-state index contributed by atoms with van der Waals surface area (Å²) in [6.07, 6.45) is 37.7. The van der Waals surface area contributed by atoms with Gasteiger partial charge in [-0.2, -0.15) is 0 Å². The number of fused-ring (bicyclic) bond motifs is 9. The SMILES string of the molecule is CCCCCCC1(CCCCCC)c2ccccc2-c2ccc(-c3ccc4c(c3)C(CCCCCC)(CCCCCC)c3cc(-c5ccc6c(c5)C(CCCCCC)(CCCCCC)c5cc(-c7ccc(-c8ccc(OC(=O)C(C)Br)cc8)cc7)ccc5-6)ccc3-4)cc21. The van der Waals surface area contributed by atoms with Crippen LogP contribution in [0.4, 0.5) is 0 Å². The Morgan fingerprint density at radius 3 is 0.828 bits per heavy atom. The number of halogens is 1. The lowest BCUT2D eigenvalue weighted by Crippen LogP contribution is -2.26. The van der Waals surface area contributed by atoms with Gasteiger partial charge in [-0.05, 0) is 199 Å². The van der Waals surface area contributed by atoms with Crippen molar-refractivity contribution in [3.63, 3.8) is 0 Å². The van der Waals surface area contributed by atoms with Gasteiger partial charge in [0, 0.05) is 16.2 Å². The highest BCUT2D eigenvalue weighted by atomic mass is 79.9. The van der Waals surface area contributed by atoms with E-state index in [0.717, 1.165) is 11.1 Å². The van der Waals surface area contributed by atoms with Gasteiger partial charge in [-0.15, -0.1) is 0 Å². The topological polar surface area (TPSA) is 26.3 Å². The lowest BCUT2D eigenvalue weighted by molar-refractivity contribution is -0.133. The molecule has 8 aromatic carbocycles. The molecule has 0 aromatic heterocycles. The zero-order valence-electron chi connectivity index (χ0n) is 58.1. The summed E-state index contributed by atoms with van der Waals surface area (Å²) in [5.41, 5.74) is 28.3. The van der Waals surface area contributed by atoms with Crippen molar-refractivity contribution in [2.24, 2.45) is 0 Å². The average Bonchev–Trinajstić information content (AvgIpc) is 1.58. The summed E-state index contributed by atoms with van der Waals surface area (Å²) in [4.78, 5) is 11.9. The molecule has 11 rings (SSSR count). The second-order valence-electron chi connectivity index (χ2n) is 28.6. The Kier molecular flexibility index (Phi) is 23.4. The number of ether oxygens (including phenoxy) is 1. The number of rotatable bonds is 36. The van der Waals surface area contributed by atoms with Gasteiger partial charge in [0.1, 0.15) is 10.6 Å². The number of alkyl halides is 1. The summed E-state index contributed by atoms with van der Waals surface area (Å²) in [5, 5.41) is 0. The number of carbonyl (C=O) groups is 1. The first-order valence-electron chi connectivity index (χ1n) is 37.5. The Bertz CT molecular complexity index is 3730. The van der Waals surface area contributed by atoms with Crippen LogP contribution in [0.3, 0.4) is 0 Å². The lowest BCUT2D eigenvalue weighted by atomic mass is 9.69. The van der Waals surface area contributed by atoms with Crippen LogP contribution in [-0.2, 0) is 21.0 Å². The smallest absolute Gasteiger partial charge is 0.324 e. The third kappa shape index (κ3) is 14.5. The van der Waals surface area contributed by atoms with Crippen molar-refractivity contribution in [2.45, 2.75) is 262 Å². The number of carbonyl (C=O) groups excluding carboxylic acids is 1. The van der Waals surface area contributed by atoms with Crippen LogP contribution in [0.5, 0.6) is 5.75 Å². The van der Waals surface area contributed by atoms with Crippen LogP contribution < -0.4 is 4.74 Å². The van der Waals surface area contributed by atoms with Crippen LogP contribution in [0, 0.1) is 0 Å². The van der Waals surface area contributed by atoms with E-state index in [4.69, 9.17) is 4.74 Å². The number of esters is 1. The van der Waals surface area contributed by atoms with Gasteiger partial charge in [0.25, 0.3) is 0 Å². The molecule has 0 saturated carbocycles. The number of benzene rings is 8. The van der Waals surface area contributed by atoms with Gasteiger partial charge in [0.2, 0.25) is 0 Å². The fourth-order valence-corrected chi connectivity index (χ4v) is 17.3. The van der Waals surface area contributed by atoms with Crippen LogP contribution in [0.2, 0.25) is 0 Å². The molecule has 2 nitrogen and oxygen atoms in total. The molecule has 488 valence electrons. The summed E-state index contributed by atoms with van der Waals surface area (Å²) < 4.78 is 5.56. The van der Waals surface area contributed by atoms with E-state index in [1.54, 1.807) is 34.7 Å². The number of hydrogen-bond acceptors (Lipinski definition) is 2. The van der Waals surface area contributed by atoms with Crippen molar-refractivity contribution < 1.29 is 9.53 Å². The highest BCUT2D eigenvalue weighted by Gasteiger charge is 2.46. The summed E-state index contributed by atoms with van der Waals surface area (Å²) in [5.74, 6) is 0.264. The summed E-state index contributed by atoms with van der Waals surface area (Å²) >= 11 is 3.33. The fraction of sp³-hybridized carbons (Fsp3) is 0.456. The monoisotopic (exact) mass is 1300 g/mol. The first-order chi connectivity index (χ1) is 45.6. The summed E-state index contributed by atoms with van der Waals surface area (Å²) in [6, 6.07) is 64.9. The van der Waals surface area contributed by atoms with E-state index in [0.29, 0.717) is 5.75 Å². The molecule has 0 radical (unpaired) electrons. The maximum absolute atomic E-state index is 12.3. The van der Waals surface area contributed by atoms with Crippen molar-refractivity contribution >= 4 is 21.9 Å². The molecule has 8 aromatic rings. The van der Waals surface area contributed by atoms with Gasteiger partial charge in [0.15, 0.2) is 0 Å². The first kappa shape index (κ1) is 68.1. The van der Waals surface area contributed by atoms with Gasteiger partial charge in [0.05, 0.1) is 0 Å². The molecular weight excluding hydrogens is 1190 g/mol. The molecule has 93 heavy (non-hydrogen) atoms. The Balaban J connectivity index is 0.987. The normalized spacial score (nSPS) is 14.5. The number of unbranched alkanes of at least 4 members (excludes halogenated alkanes) is 18. The van der Waals surface area contributed by atoms with Crippen LogP contribution in [-0.4, -0.2) is 10.8 Å². The molecular formula is C90H109BrO2. The zero-order valence-corrected chi connectivity index (χ0v) is 59.7. The van der Waals surface area contributed by atoms with Crippen molar-refractivity contribution in [1.82, 2.24) is 0 Å². The van der Waals surface area contributed by atoms with Crippen molar-refractivity contribution in [1.29, 1.82) is 0 Å². The highest BCUT2D eigenvalue weighted by Crippen LogP contribution is 2.60. The minimum absolute atomic E-state index is 0.0550. The van der Waals surface area contributed by atoms with Crippen LogP contribution in [0.25, 0.3) is 77.9 Å². The molecule has 0 saturated heterocycles. The molecule has 0 amide bonds. The third-order valence-corrected chi connectivity index (χ3v) is 22.7. The summed E-state index contributed by atoms with van der Waals surface area (Å²) in [7, 11) is 0. The van der Waals surface area contributed by atoms with Gasteiger partial charge < -0.3 is 4.74 Å². The van der Waals surface area contributed by atoms with E-state index in [1.165, 1.54) is 265 Å². The van der Waals surface area contributed by atoms with E-state index in [1.807, 2.05) is 24.3 Å². The van der Waals surface area contributed by atoms with Crippen LogP contribution in [0.1, 0.15) is 274 Å². The van der Waals surface area contributed by atoms with E-state index < -0.39 is 0 Å². The van der Waals surface area contributed by atoms with E-state index in [-0.39, 0.29) is 27.0 Å². The molecule has 0 bridgehead atoms. The summed E-state index contributed by atoms with van der Waals surface area (Å²) in [6.45, 7) is 15.9. The van der Waals surface area contributed by atoms with Gasteiger partial charge >= 0.3 is 5.97 Å². The molecule has 3 aliphatic rings. The minimum atomic E-state index is -0.359. The fourth-order valence-electron chi connectivity index (χ4n) is 17.2. The molecule has 1 unspecified atom stereocenters. The zero-order chi connectivity index (χ0) is 64.8. The first-order valence-corrected chi connectivity index (χ1v) is 38.4. The predicted molar refractivity (Wildman–Crippen MR) is 403 cm³/mol. The molecule has 0 heterocycles. The van der Waals surface area contributed by atoms with E-state index >= 15 is 0 Å². The second-order valence-corrected chi connectivity index (χ2v) is 30.0. The molecule has 0 aliphatic heterocycles. The van der Waals surface area contributed by atoms with Crippen LogP contribution >= 0.6 is 15.9 Å². The maximum Gasteiger partial charge on any atom is 0.324 e. The molecule has 0 N–H and O–H groups in total. The Hall–Kier alpha value is -6.29. The lowest BCUT2D eigenvalue weighted by Gasteiger charge is -2.34. The molecule has 3 heteroatoms. The van der Waals surface area contributed by atoms with E-state index in [2.05, 4.69) is 197 Å². The average molecular weight is 1300 g/mol. The largest absolute Gasteiger partial charge is 0.426 e. The number of hydrogen-bond donors (Lipinski definition) is 0. The van der Waals surface area contributed by atoms with Crippen molar-refractivity contribution in [2.75, 3.05) is 0 Å². The highest BCUT2D eigenvalue weighted by molar-refractivity contribution is 9.10. The molecule has 3 aliphatic carbocycles. The standard InChI is InChI=1S/C90H109BrO2/c1-8-14-20-28-54-88(55-29-21-15-9-2)81-35-27-26-34-75(81)76-50-43-70(61-82(76)88)71-44-52-79-80-53-46-73(64-86(80)90(85(79)62-71,58-32-24-18-12-5)59-33-25-19-13-6)72-45-51-78-77-49-42-69(60-83(77)89(84(78)63-72,56-30-22-16-10-3)57-31-23-17-11-4)68-38-36-66(37-39-68)67-40-47-74(48-41-67)93-87(92)65(7)91/h26-27,34-53,60-65H,8-25,28-33,54-59H2,1-7H3. The molecule has 1 atom stereocenters. The predicted octanol–water partition coefficient (Wildman–Crippen LogP) is 27.7. The second kappa shape index (κ2) is 32.0. The van der Waals surface area contributed by atoms with E-state index in [9.17, 15) is 4.79 Å². The molecule has 0 spiro atoms. The third-order valence-electron chi connectivity index (χ3n) is 22.3. The Morgan fingerprint density at radius 1 is 0.301 bits per heavy atom. The van der Waals surface area contributed by atoms with Crippen molar-refractivity contribution in [3.05, 3.63) is 197 Å². The van der Waals surface area contributed by atoms with Gasteiger partial charge in [-0.1, -0.05) is 333 Å². The minimum Gasteiger partial charge on any atom is -0.426 e. The Labute approximate surface area is 570 Å². The molecule has 0 fully saturated rings.